The Labute approximate surface area is 126 Å². The topological polar surface area (TPSA) is 26.7 Å². The second kappa shape index (κ2) is 7.56. The van der Waals surface area contributed by atoms with Gasteiger partial charge in [0.25, 0.3) is 0 Å². The van der Waals surface area contributed by atoms with Gasteiger partial charge in [0.15, 0.2) is 0 Å². The van der Waals surface area contributed by atoms with Gasteiger partial charge in [-0.05, 0) is 31.2 Å². The molecule has 0 spiro atoms. The largest absolute Gasteiger partial charge is 0.384 e. The lowest BCUT2D eigenvalue weighted by Gasteiger charge is -2.39. The Balaban J connectivity index is 2.03. The second-order valence-electron chi connectivity index (χ2n) is 5.49. The van der Waals surface area contributed by atoms with E-state index in [1.165, 1.54) is 6.07 Å². The molecule has 1 heterocycles. The highest BCUT2D eigenvalue weighted by Crippen LogP contribution is 2.15. The molecule has 0 amide bonds. The molecule has 1 atom stereocenters. The number of benzene rings is 1. The van der Waals surface area contributed by atoms with Crippen LogP contribution in [0.1, 0.15) is 25.0 Å². The van der Waals surface area contributed by atoms with Crippen molar-refractivity contribution in [3.63, 3.8) is 0 Å². The van der Waals surface area contributed by atoms with Crippen LogP contribution in [0.2, 0.25) is 0 Å². The van der Waals surface area contributed by atoms with E-state index in [2.05, 4.69) is 35.5 Å². The summed E-state index contributed by atoms with van der Waals surface area (Å²) in [5.41, 5.74) is 1.43. The molecule has 1 aromatic rings. The fraction of sp³-hybridized carbons (Fsp3) is 0.529. The van der Waals surface area contributed by atoms with E-state index >= 15 is 0 Å². The molecule has 1 saturated heterocycles. The van der Waals surface area contributed by atoms with Crippen LogP contribution in [0.4, 0.5) is 4.39 Å². The minimum Gasteiger partial charge on any atom is -0.384 e. The van der Waals surface area contributed by atoms with E-state index in [0.29, 0.717) is 11.6 Å². The molecule has 0 aromatic heterocycles. The van der Waals surface area contributed by atoms with Crippen molar-refractivity contribution in [3.05, 3.63) is 35.1 Å². The number of aliphatic hydroxyl groups is 1. The first-order valence-electron chi connectivity index (χ1n) is 7.48. The standard InChI is InChI=1S/C17H23FN2O/c1-3-20-9-8-19(12-14(20)2)13-15-6-7-17(18)16(11-15)5-4-10-21/h6-7,11,14,21H,3,8-10,12-13H2,1-2H3. The quantitative estimate of drug-likeness (QED) is 0.858. The van der Waals surface area contributed by atoms with Gasteiger partial charge in [0.1, 0.15) is 12.4 Å². The summed E-state index contributed by atoms with van der Waals surface area (Å²) in [7, 11) is 0. The van der Waals surface area contributed by atoms with Gasteiger partial charge in [-0.2, -0.15) is 0 Å². The van der Waals surface area contributed by atoms with Crippen LogP contribution in [0.5, 0.6) is 0 Å². The molecule has 3 nitrogen and oxygen atoms in total. The van der Waals surface area contributed by atoms with Gasteiger partial charge in [-0.25, -0.2) is 4.39 Å². The van der Waals surface area contributed by atoms with Gasteiger partial charge >= 0.3 is 0 Å². The predicted molar refractivity (Wildman–Crippen MR) is 82.3 cm³/mol. The fourth-order valence-corrected chi connectivity index (χ4v) is 2.84. The molecule has 1 aliphatic rings. The van der Waals surface area contributed by atoms with Gasteiger partial charge in [-0.15, -0.1) is 0 Å². The minimum absolute atomic E-state index is 0.250. The molecule has 21 heavy (non-hydrogen) atoms. The van der Waals surface area contributed by atoms with Gasteiger partial charge in [-0.1, -0.05) is 24.8 Å². The van der Waals surface area contributed by atoms with Crippen molar-refractivity contribution in [1.82, 2.24) is 9.80 Å². The number of nitrogens with zero attached hydrogens (tertiary/aromatic N) is 2. The van der Waals surface area contributed by atoms with Crippen molar-refractivity contribution in [3.8, 4) is 11.8 Å². The van der Waals surface area contributed by atoms with E-state index in [-0.39, 0.29) is 12.4 Å². The first kappa shape index (κ1) is 16.0. The van der Waals surface area contributed by atoms with E-state index in [0.717, 1.165) is 38.3 Å². The zero-order valence-corrected chi connectivity index (χ0v) is 12.8. The molecular formula is C17H23FN2O. The molecule has 1 aliphatic heterocycles. The summed E-state index contributed by atoms with van der Waals surface area (Å²) >= 11 is 0. The zero-order valence-electron chi connectivity index (χ0n) is 12.8. The minimum atomic E-state index is -0.330. The molecule has 1 N–H and O–H groups in total. The van der Waals surface area contributed by atoms with Gasteiger partial charge < -0.3 is 5.11 Å². The average molecular weight is 290 g/mol. The third-order valence-corrected chi connectivity index (χ3v) is 3.99. The molecule has 1 aromatic carbocycles. The highest BCUT2D eigenvalue weighted by molar-refractivity contribution is 5.38. The van der Waals surface area contributed by atoms with Crippen LogP contribution in [-0.4, -0.2) is 53.7 Å². The number of aliphatic hydroxyl groups excluding tert-OH is 1. The van der Waals surface area contributed by atoms with E-state index in [9.17, 15) is 4.39 Å². The number of hydrogen-bond donors (Lipinski definition) is 1. The van der Waals surface area contributed by atoms with Gasteiger partial charge in [0.05, 0.1) is 5.56 Å². The molecule has 0 saturated carbocycles. The van der Waals surface area contributed by atoms with E-state index in [4.69, 9.17) is 5.11 Å². The molecule has 4 heteroatoms. The lowest BCUT2D eigenvalue weighted by molar-refractivity contribution is 0.0834. The van der Waals surface area contributed by atoms with Crippen LogP contribution in [0.15, 0.2) is 18.2 Å². The van der Waals surface area contributed by atoms with Crippen molar-refractivity contribution in [1.29, 1.82) is 0 Å². The number of piperazine rings is 1. The number of likely N-dealkylation sites (N-methyl/N-ethyl adjacent to an activating group) is 1. The monoisotopic (exact) mass is 290 g/mol. The van der Waals surface area contributed by atoms with Gasteiger partial charge in [-0.3, -0.25) is 9.80 Å². The lowest BCUT2D eigenvalue weighted by Crippen LogP contribution is -2.51. The Morgan fingerprint density at radius 2 is 2.19 bits per heavy atom. The number of rotatable bonds is 3. The Kier molecular flexibility index (Phi) is 5.75. The molecule has 0 aliphatic carbocycles. The molecule has 2 rings (SSSR count). The molecule has 114 valence electrons. The highest BCUT2D eigenvalue weighted by atomic mass is 19.1. The Bertz CT molecular complexity index is 535. The van der Waals surface area contributed by atoms with Crippen LogP contribution in [0, 0.1) is 17.7 Å². The molecule has 1 unspecified atom stereocenters. The summed E-state index contributed by atoms with van der Waals surface area (Å²) in [6.07, 6.45) is 0. The second-order valence-corrected chi connectivity index (χ2v) is 5.49. The predicted octanol–water partition coefficient (Wildman–Crippen LogP) is 1.70. The lowest BCUT2D eigenvalue weighted by atomic mass is 10.1. The summed E-state index contributed by atoms with van der Waals surface area (Å²) in [6, 6.07) is 5.62. The van der Waals surface area contributed by atoms with Crippen molar-refractivity contribution in [2.45, 2.75) is 26.4 Å². The number of hydrogen-bond acceptors (Lipinski definition) is 3. The molecule has 1 fully saturated rings. The first-order valence-corrected chi connectivity index (χ1v) is 7.48. The Hall–Kier alpha value is -1.41. The summed E-state index contributed by atoms with van der Waals surface area (Å²) in [6.45, 7) is 9.24. The highest BCUT2D eigenvalue weighted by Gasteiger charge is 2.22. The maximum atomic E-state index is 13.6. The maximum Gasteiger partial charge on any atom is 0.138 e. The van der Waals surface area contributed by atoms with Crippen LogP contribution < -0.4 is 0 Å². The molecule has 0 bridgehead atoms. The third-order valence-electron chi connectivity index (χ3n) is 3.99. The Morgan fingerprint density at radius 3 is 2.86 bits per heavy atom. The van der Waals surface area contributed by atoms with Crippen LogP contribution in [0.25, 0.3) is 0 Å². The van der Waals surface area contributed by atoms with E-state index < -0.39 is 0 Å². The Morgan fingerprint density at radius 1 is 1.38 bits per heavy atom. The summed E-state index contributed by atoms with van der Waals surface area (Å²) in [5.74, 6) is 4.84. The van der Waals surface area contributed by atoms with Gasteiger partial charge in [0.2, 0.25) is 0 Å². The fourth-order valence-electron chi connectivity index (χ4n) is 2.84. The van der Waals surface area contributed by atoms with Crippen LogP contribution in [-0.2, 0) is 6.54 Å². The summed E-state index contributed by atoms with van der Waals surface area (Å²) in [4.78, 5) is 4.87. The average Bonchev–Trinajstić information content (AvgIpc) is 2.48. The summed E-state index contributed by atoms with van der Waals surface area (Å²) in [5, 5.41) is 8.72. The smallest absolute Gasteiger partial charge is 0.138 e. The third kappa shape index (κ3) is 4.28. The van der Waals surface area contributed by atoms with Crippen molar-refractivity contribution >= 4 is 0 Å². The zero-order chi connectivity index (χ0) is 15.2. The van der Waals surface area contributed by atoms with Crippen molar-refractivity contribution in [2.24, 2.45) is 0 Å². The van der Waals surface area contributed by atoms with Gasteiger partial charge in [0, 0.05) is 32.2 Å². The molecular weight excluding hydrogens is 267 g/mol. The van der Waals surface area contributed by atoms with Crippen LogP contribution in [0.3, 0.4) is 0 Å². The molecule has 0 radical (unpaired) electrons. The van der Waals surface area contributed by atoms with Crippen LogP contribution >= 0.6 is 0 Å². The first-order chi connectivity index (χ1) is 10.1. The maximum absolute atomic E-state index is 13.6. The van der Waals surface area contributed by atoms with E-state index in [1.807, 2.05) is 6.07 Å². The normalized spacial score (nSPS) is 20.1. The van der Waals surface area contributed by atoms with Crippen molar-refractivity contribution < 1.29 is 9.50 Å². The summed E-state index contributed by atoms with van der Waals surface area (Å²) < 4.78 is 13.6. The SMILES string of the molecule is CCN1CCN(Cc2ccc(F)c(C#CCO)c2)CC1C. The van der Waals surface area contributed by atoms with Crippen molar-refractivity contribution in [2.75, 3.05) is 32.8 Å². The van der Waals surface area contributed by atoms with E-state index in [1.54, 1.807) is 6.07 Å². The number of halogens is 1.